The molecule has 0 bridgehead atoms. The number of halogens is 1. The van der Waals surface area contributed by atoms with Gasteiger partial charge in [0.15, 0.2) is 11.7 Å². The minimum Gasteiger partial charge on any atom is -0.465 e. The molecule has 0 fully saturated rings. The summed E-state index contributed by atoms with van der Waals surface area (Å²) in [5.74, 6) is -2.72. The van der Waals surface area contributed by atoms with Gasteiger partial charge in [0.1, 0.15) is 17.2 Å². The van der Waals surface area contributed by atoms with Gasteiger partial charge in [0, 0.05) is 12.6 Å². The van der Waals surface area contributed by atoms with Gasteiger partial charge in [-0.2, -0.15) is 0 Å². The highest BCUT2D eigenvalue weighted by molar-refractivity contribution is 6.00. The number of hydrogen-bond donors (Lipinski definition) is 4. The topological polar surface area (TPSA) is 160 Å². The number of carbonyl (C=O) groups excluding carboxylic acids is 3. The fourth-order valence-corrected chi connectivity index (χ4v) is 4.13. The summed E-state index contributed by atoms with van der Waals surface area (Å²) in [6, 6.07) is 10.5. The van der Waals surface area contributed by atoms with Crippen LogP contribution in [-0.2, 0) is 17.7 Å². The van der Waals surface area contributed by atoms with Crippen LogP contribution in [0.2, 0.25) is 0 Å². The first kappa shape index (κ1) is 25.4. The second-order valence-electron chi connectivity index (χ2n) is 8.61. The molecule has 37 heavy (non-hydrogen) atoms. The van der Waals surface area contributed by atoms with E-state index >= 15 is 0 Å². The Morgan fingerprint density at radius 1 is 1.11 bits per heavy atom. The van der Waals surface area contributed by atoms with Gasteiger partial charge in [-0.1, -0.05) is 18.2 Å². The lowest BCUT2D eigenvalue weighted by atomic mass is 10.0. The number of nitrogen functional groups attached to an aromatic ring is 1. The van der Waals surface area contributed by atoms with Crippen molar-refractivity contribution in [3.63, 3.8) is 0 Å². The van der Waals surface area contributed by atoms with Crippen LogP contribution < -0.4 is 16.4 Å². The molecular formula is C26H25FN6O4. The van der Waals surface area contributed by atoms with E-state index in [2.05, 4.69) is 20.6 Å². The summed E-state index contributed by atoms with van der Waals surface area (Å²) in [5, 5.41) is 13.3. The van der Waals surface area contributed by atoms with E-state index in [4.69, 9.17) is 15.9 Å². The van der Waals surface area contributed by atoms with Crippen LogP contribution >= 0.6 is 0 Å². The van der Waals surface area contributed by atoms with Gasteiger partial charge in [-0.25, -0.2) is 19.2 Å². The summed E-state index contributed by atoms with van der Waals surface area (Å²) in [4.78, 5) is 45.7. The predicted molar refractivity (Wildman–Crippen MR) is 132 cm³/mol. The van der Waals surface area contributed by atoms with Crippen LogP contribution in [0.3, 0.4) is 0 Å². The van der Waals surface area contributed by atoms with E-state index in [0.29, 0.717) is 29.5 Å². The summed E-state index contributed by atoms with van der Waals surface area (Å²) >= 11 is 0. The van der Waals surface area contributed by atoms with Gasteiger partial charge in [0.05, 0.1) is 18.7 Å². The van der Waals surface area contributed by atoms with Crippen LogP contribution in [0.5, 0.6) is 0 Å². The van der Waals surface area contributed by atoms with Gasteiger partial charge < -0.3 is 21.1 Å². The summed E-state index contributed by atoms with van der Waals surface area (Å²) < 4.78 is 18.3. The van der Waals surface area contributed by atoms with Gasteiger partial charge in [-0.05, 0) is 60.2 Å². The summed E-state index contributed by atoms with van der Waals surface area (Å²) in [7, 11) is 1.31. The molecule has 1 aromatic heterocycles. The molecule has 1 aliphatic rings. The first-order chi connectivity index (χ1) is 17.7. The molecule has 0 radical (unpaired) electrons. The van der Waals surface area contributed by atoms with E-state index in [1.807, 2.05) is 0 Å². The first-order valence-electron chi connectivity index (χ1n) is 11.4. The minimum atomic E-state index is -0.609. The van der Waals surface area contributed by atoms with Crippen LogP contribution in [0.25, 0.3) is 0 Å². The molecule has 2 aromatic carbocycles. The molecule has 11 heteroatoms. The van der Waals surface area contributed by atoms with Crippen molar-refractivity contribution in [1.82, 2.24) is 20.6 Å². The molecule has 190 valence electrons. The number of carbonyl (C=O) groups is 3. The summed E-state index contributed by atoms with van der Waals surface area (Å²) in [5.41, 5.74) is 8.64. The smallest absolute Gasteiger partial charge is 0.337 e. The van der Waals surface area contributed by atoms with Gasteiger partial charge in [0.25, 0.3) is 11.8 Å². The highest BCUT2D eigenvalue weighted by Crippen LogP contribution is 2.32. The van der Waals surface area contributed by atoms with Crippen molar-refractivity contribution < 1.29 is 23.5 Å². The number of amides is 2. The number of aryl methyl sites for hydroxylation is 2. The lowest BCUT2D eigenvalue weighted by Crippen LogP contribution is -2.31. The van der Waals surface area contributed by atoms with Gasteiger partial charge in [-0.3, -0.25) is 15.0 Å². The molecule has 2 amide bonds. The van der Waals surface area contributed by atoms with E-state index < -0.39 is 23.6 Å². The highest BCUT2D eigenvalue weighted by atomic mass is 19.1. The number of nitrogens with two attached hydrogens (primary N) is 1. The molecule has 0 saturated heterocycles. The first-order valence-corrected chi connectivity index (χ1v) is 11.4. The zero-order valence-electron chi connectivity index (χ0n) is 20.2. The van der Waals surface area contributed by atoms with Crippen molar-refractivity contribution in [3.05, 3.63) is 93.3 Å². The molecule has 10 nitrogen and oxygen atoms in total. The Labute approximate surface area is 212 Å². The molecule has 0 saturated carbocycles. The second-order valence-corrected chi connectivity index (χ2v) is 8.61. The third-order valence-electron chi connectivity index (χ3n) is 6.05. The average Bonchev–Trinajstić information content (AvgIpc) is 3.30. The fourth-order valence-electron chi connectivity index (χ4n) is 4.13. The average molecular weight is 505 g/mol. The van der Waals surface area contributed by atoms with Crippen LogP contribution in [-0.4, -0.2) is 40.7 Å². The van der Waals surface area contributed by atoms with E-state index in [9.17, 15) is 18.8 Å². The van der Waals surface area contributed by atoms with Gasteiger partial charge in [0.2, 0.25) is 0 Å². The lowest BCUT2D eigenvalue weighted by molar-refractivity contribution is 0.0600. The number of aromatic nitrogens is 2. The number of amidine groups is 1. The number of benzene rings is 2. The highest BCUT2D eigenvalue weighted by Gasteiger charge is 2.27. The van der Waals surface area contributed by atoms with E-state index in [1.54, 1.807) is 37.3 Å². The van der Waals surface area contributed by atoms with E-state index in [0.717, 1.165) is 11.1 Å². The van der Waals surface area contributed by atoms with Gasteiger partial charge >= 0.3 is 5.97 Å². The van der Waals surface area contributed by atoms with Crippen molar-refractivity contribution in [2.24, 2.45) is 5.73 Å². The molecule has 0 spiro atoms. The third kappa shape index (κ3) is 5.61. The van der Waals surface area contributed by atoms with Crippen molar-refractivity contribution in [3.8, 4) is 0 Å². The maximum atomic E-state index is 13.5. The summed E-state index contributed by atoms with van der Waals surface area (Å²) in [6.45, 7) is 1.73. The zero-order valence-corrected chi connectivity index (χ0v) is 20.2. The fraction of sp³-hybridized carbons (Fsp3) is 0.231. The SMILES string of the molecule is COC(=O)c1ccc2c(c1)CC[C@@H]2NC(=O)c1cc(C(=O)NCc2ccc(F)c(C)c2)nc(C(=N)N)n1. The van der Waals surface area contributed by atoms with Crippen LogP contribution in [0.1, 0.15) is 71.9 Å². The predicted octanol–water partition coefficient (Wildman–Crippen LogP) is 2.34. The number of nitrogens with one attached hydrogen (secondary N) is 3. The Balaban J connectivity index is 1.51. The molecule has 0 unspecified atom stereocenters. The van der Waals surface area contributed by atoms with Crippen LogP contribution in [0, 0.1) is 18.2 Å². The number of esters is 1. The number of nitrogens with zero attached hydrogens (tertiary/aromatic N) is 2. The van der Waals surface area contributed by atoms with Crippen molar-refractivity contribution in [2.45, 2.75) is 32.4 Å². The Morgan fingerprint density at radius 3 is 2.51 bits per heavy atom. The zero-order chi connectivity index (χ0) is 26.7. The maximum Gasteiger partial charge on any atom is 0.337 e. The van der Waals surface area contributed by atoms with Crippen LogP contribution in [0.4, 0.5) is 4.39 Å². The molecule has 1 atom stereocenters. The van der Waals surface area contributed by atoms with E-state index in [1.165, 1.54) is 19.2 Å². The number of methoxy groups -OCH3 is 1. The van der Waals surface area contributed by atoms with E-state index in [-0.39, 0.29) is 35.6 Å². The third-order valence-corrected chi connectivity index (χ3v) is 6.05. The number of rotatable bonds is 7. The minimum absolute atomic E-state index is 0.104. The Kier molecular flexibility index (Phi) is 7.23. The van der Waals surface area contributed by atoms with Crippen molar-refractivity contribution >= 4 is 23.6 Å². The Hall–Kier alpha value is -4.67. The number of hydrogen-bond acceptors (Lipinski definition) is 7. The molecule has 3 aromatic rings. The van der Waals surface area contributed by atoms with Crippen LogP contribution in [0.15, 0.2) is 42.5 Å². The van der Waals surface area contributed by atoms with Crippen molar-refractivity contribution in [1.29, 1.82) is 5.41 Å². The standard InChI is InChI=1S/C26H25FN6O4/c1-13-9-14(3-7-18(13)27)12-30-24(34)20-11-21(32-23(31-20)22(28)29)25(35)33-19-8-5-15-10-16(26(36)37-2)4-6-17(15)19/h3-4,6-7,9-11,19H,5,8,12H2,1-2H3,(H3,28,29)(H,30,34)(H,33,35)/t19-/m0/s1. The Morgan fingerprint density at radius 2 is 1.84 bits per heavy atom. The van der Waals surface area contributed by atoms with Crippen molar-refractivity contribution in [2.75, 3.05) is 7.11 Å². The second kappa shape index (κ2) is 10.5. The lowest BCUT2D eigenvalue weighted by Gasteiger charge is -2.15. The molecule has 1 heterocycles. The molecule has 0 aliphatic heterocycles. The Bertz CT molecular complexity index is 1420. The number of ether oxygens (including phenoxy) is 1. The molecular weight excluding hydrogens is 479 g/mol. The maximum absolute atomic E-state index is 13.5. The van der Waals surface area contributed by atoms with Gasteiger partial charge in [-0.15, -0.1) is 0 Å². The quantitative estimate of drug-likeness (QED) is 0.218. The molecule has 5 N–H and O–H groups in total. The largest absolute Gasteiger partial charge is 0.465 e. The monoisotopic (exact) mass is 504 g/mol. The molecule has 1 aliphatic carbocycles. The summed E-state index contributed by atoms with van der Waals surface area (Å²) in [6.07, 6.45) is 1.27. The number of fused-ring (bicyclic) bond motifs is 1. The normalized spacial score (nSPS) is 14.0. The molecule has 4 rings (SSSR count).